The average molecular weight is 253 g/mol. The highest BCUT2D eigenvalue weighted by Gasteiger charge is 2.13. The molecule has 0 heterocycles. The lowest BCUT2D eigenvalue weighted by Crippen LogP contribution is -2.31. The number of amides is 1. The fraction of sp³-hybridized carbons (Fsp3) is 0.462. The Bertz CT molecular complexity index is 368. The van der Waals surface area contributed by atoms with E-state index in [2.05, 4.69) is 5.32 Å². The predicted octanol–water partition coefficient (Wildman–Crippen LogP) is 2.70. The standard InChI is InChI=1S/C13H19NO2S/c1-4-8-14-13(15)10(2)17-12-7-5-6-11(9-12)16-3/h5-7,9-10H,4,8H2,1-3H3,(H,14,15)/t10-/m1/s1. The number of hydrogen-bond donors (Lipinski definition) is 1. The van der Waals surface area contributed by atoms with Crippen LogP contribution in [0.15, 0.2) is 29.2 Å². The number of thioether (sulfide) groups is 1. The molecule has 1 aromatic rings. The molecule has 0 saturated heterocycles. The zero-order chi connectivity index (χ0) is 12.7. The Labute approximate surface area is 107 Å². The van der Waals surface area contributed by atoms with Crippen LogP contribution in [0, 0.1) is 0 Å². The van der Waals surface area contributed by atoms with E-state index in [9.17, 15) is 4.79 Å². The molecule has 4 heteroatoms. The quantitative estimate of drug-likeness (QED) is 0.792. The molecule has 0 unspecified atom stereocenters. The van der Waals surface area contributed by atoms with E-state index in [1.165, 1.54) is 11.8 Å². The number of hydrogen-bond acceptors (Lipinski definition) is 3. The van der Waals surface area contributed by atoms with Crippen LogP contribution in [0.25, 0.3) is 0 Å². The number of nitrogens with one attached hydrogen (secondary N) is 1. The summed E-state index contributed by atoms with van der Waals surface area (Å²) in [5.74, 6) is 0.899. The summed E-state index contributed by atoms with van der Waals surface area (Å²) in [4.78, 5) is 12.7. The Balaban J connectivity index is 2.54. The molecule has 0 aliphatic carbocycles. The molecular weight excluding hydrogens is 234 g/mol. The third-order valence-electron chi connectivity index (χ3n) is 2.27. The van der Waals surface area contributed by atoms with Gasteiger partial charge in [0.05, 0.1) is 12.4 Å². The first-order valence-corrected chi connectivity index (χ1v) is 6.63. The van der Waals surface area contributed by atoms with Gasteiger partial charge in [-0.15, -0.1) is 11.8 Å². The second-order valence-corrected chi connectivity index (χ2v) is 5.14. The monoisotopic (exact) mass is 253 g/mol. The molecule has 1 N–H and O–H groups in total. The summed E-state index contributed by atoms with van der Waals surface area (Å²) in [5, 5.41) is 2.80. The van der Waals surface area contributed by atoms with Gasteiger partial charge in [-0.3, -0.25) is 4.79 Å². The van der Waals surface area contributed by atoms with E-state index >= 15 is 0 Å². The molecule has 0 aliphatic heterocycles. The lowest BCUT2D eigenvalue weighted by molar-refractivity contribution is -0.120. The zero-order valence-corrected chi connectivity index (χ0v) is 11.3. The molecule has 17 heavy (non-hydrogen) atoms. The van der Waals surface area contributed by atoms with Crippen molar-refractivity contribution in [3.05, 3.63) is 24.3 Å². The number of carbonyl (C=O) groups excluding carboxylic acids is 1. The molecule has 0 saturated carbocycles. The number of ether oxygens (including phenoxy) is 1. The first-order valence-electron chi connectivity index (χ1n) is 5.75. The highest BCUT2D eigenvalue weighted by Crippen LogP contribution is 2.26. The van der Waals surface area contributed by atoms with Crippen LogP contribution in [0.3, 0.4) is 0 Å². The average Bonchev–Trinajstić information content (AvgIpc) is 2.36. The molecule has 1 aromatic carbocycles. The maximum Gasteiger partial charge on any atom is 0.233 e. The molecule has 1 atom stereocenters. The summed E-state index contributed by atoms with van der Waals surface area (Å²) in [6.45, 7) is 4.69. The topological polar surface area (TPSA) is 38.3 Å². The maximum atomic E-state index is 11.7. The van der Waals surface area contributed by atoms with Gasteiger partial charge in [0.25, 0.3) is 0 Å². The van der Waals surface area contributed by atoms with Crippen LogP contribution < -0.4 is 10.1 Å². The second-order valence-electron chi connectivity index (χ2n) is 3.73. The molecule has 0 bridgehead atoms. The van der Waals surface area contributed by atoms with Crippen molar-refractivity contribution in [1.29, 1.82) is 0 Å². The van der Waals surface area contributed by atoms with Gasteiger partial charge in [0.2, 0.25) is 5.91 Å². The fourth-order valence-corrected chi connectivity index (χ4v) is 2.26. The van der Waals surface area contributed by atoms with Crippen molar-refractivity contribution in [1.82, 2.24) is 5.32 Å². The van der Waals surface area contributed by atoms with E-state index in [1.54, 1.807) is 7.11 Å². The van der Waals surface area contributed by atoms with Crippen LogP contribution in [0.2, 0.25) is 0 Å². The van der Waals surface area contributed by atoms with Gasteiger partial charge < -0.3 is 10.1 Å². The highest BCUT2D eigenvalue weighted by molar-refractivity contribution is 8.00. The summed E-state index contributed by atoms with van der Waals surface area (Å²) >= 11 is 1.54. The molecule has 3 nitrogen and oxygen atoms in total. The Morgan fingerprint density at radius 2 is 2.29 bits per heavy atom. The van der Waals surface area contributed by atoms with Gasteiger partial charge in [-0.05, 0) is 31.5 Å². The lowest BCUT2D eigenvalue weighted by atomic mass is 10.3. The van der Waals surface area contributed by atoms with Crippen molar-refractivity contribution < 1.29 is 9.53 Å². The first kappa shape index (κ1) is 13.9. The Hall–Kier alpha value is -1.16. The zero-order valence-electron chi connectivity index (χ0n) is 10.5. The van der Waals surface area contributed by atoms with Gasteiger partial charge in [-0.1, -0.05) is 13.0 Å². The van der Waals surface area contributed by atoms with E-state index in [1.807, 2.05) is 38.1 Å². The molecule has 0 aromatic heterocycles. The van der Waals surface area contributed by atoms with Gasteiger partial charge in [0, 0.05) is 11.4 Å². The normalized spacial score (nSPS) is 11.9. The van der Waals surface area contributed by atoms with Crippen LogP contribution in [-0.4, -0.2) is 24.8 Å². The van der Waals surface area contributed by atoms with Crippen molar-refractivity contribution >= 4 is 17.7 Å². The van der Waals surface area contributed by atoms with Crippen molar-refractivity contribution in [2.45, 2.75) is 30.4 Å². The molecule has 1 rings (SSSR count). The minimum atomic E-state index is -0.0892. The molecule has 1 amide bonds. The summed E-state index contributed by atoms with van der Waals surface area (Å²) in [5.41, 5.74) is 0. The first-order chi connectivity index (χ1) is 8.17. The highest BCUT2D eigenvalue weighted by atomic mass is 32.2. The van der Waals surface area contributed by atoms with Gasteiger partial charge in [0.1, 0.15) is 5.75 Å². The van der Waals surface area contributed by atoms with Crippen molar-refractivity contribution in [2.75, 3.05) is 13.7 Å². The van der Waals surface area contributed by atoms with Crippen molar-refractivity contribution in [2.24, 2.45) is 0 Å². The second kappa shape index (κ2) is 7.22. The van der Waals surface area contributed by atoms with E-state index in [-0.39, 0.29) is 11.2 Å². The van der Waals surface area contributed by atoms with Gasteiger partial charge in [-0.2, -0.15) is 0 Å². The van der Waals surface area contributed by atoms with Crippen LogP contribution in [0.1, 0.15) is 20.3 Å². The summed E-state index contributed by atoms with van der Waals surface area (Å²) in [6, 6.07) is 7.74. The largest absolute Gasteiger partial charge is 0.497 e. The van der Waals surface area contributed by atoms with Gasteiger partial charge in [0.15, 0.2) is 0 Å². The van der Waals surface area contributed by atoms with E-state index in [4.69, 9.17) is 4.74 Å². The number of rotatable bonds is 6. The van der Waals surface area contributed by atoms with Gasteiger partial charge in [-0.25, -0.2) is 0 Å². The molecular formula is C13H19NO2S. The lowest BCUT2D eigenvalue weighted by Gasteiger charge is -2.11. The minimum Gasteiger partial charge on any atom is -0.497 e. The molecule has 94 valence electrons. The van der Waals surface area contributed by atoms with Crippen LogP contribution in [0.5, 0.6) is 5.75 Å². The molecule has 0 spiro atoms. The van der Waals surface area contributed by atoms with Crippen LogP contribution in [-0.2, 0) is 4.79 Å². The summed E-state index contributed by atoms with van der Waals surface area (Å²) in [6.07, 6.45) is 0.961. The summed E-state index contributed by atoms with van der Waals surface area (Å²) in [7, 11) is 1.64. The Kier molecular flexibility index (Phi) is 5.91. The van der Waals surface area contributed by atoms with E-state index in [0.29, 0.717) is 0 Å². The van der Waals surface area contributed by atoms with Crippen LogP contribution >= 0.6 is 11.8 Å². The van der Waals surface area contributed by atoms with E-state index < -0.39 is 0 Å². The number of carbonyl (C=O) groups is 1. The van der Waals surface area contributed by atoms with E-state index in [0.717, 1.165) is 23.6 Å². The number of methoxy groups -OCH3 is 1. The Morgan fingerprint density at radius 3 is 2.94 bits per heavy atom. The third-order valence-corrected chi connectivity index (χ3v) is 3.37. The molecule has 0 fully saturated rings. The fourth-order valence-electron chi connectivity index (χ4n) is 1.32. The predicted molar refractivity (Wildman–Crippen MR) is 71.6 cm³/mol. The minimum absolute atomic E-state index is 0.0830. The number of benzene rings is 1. The van der Waals surface area contributed by atoms with Crippen molar-refractivity contribution in [3.8, 4) is 5.75 Å². The Morgan fingerprint density at radius 1 is 1.53 bits per heavy atom. The van der Waals surface area contributed by atoms with Crippen molar-refractivity contribution in [3.63, 3.8) is 0 Å². The third kappa shape index (κ3) is 4.69. The molecule has 0 radical (unpaired) electrons. The summed E-state index contributed by atoms with van der Waals surface area (Å²) < 4.78 is 5.15. The maximum absolute atomic E-state index is 11.7. The van der Waals surface area contributed by atoms with Gasteiger partial charge >= 0.3 is 0 Å². The SMILES string of the molecule is CCCNC(=O)[C@@H](C)Sc1cccc(OC)c1. The smallest absolute Gasteiger partial charge is 0.233 e. The molecule has 0 aliphatic rings. The van der Waals surface area contributed by atoms with Crippen LogP contribution in [0.4, 0.5) is 0 Å².